The molecule has 0 aliphatic rings. The molecule has 1 rings (SSSR count). The molecule has 0 spiro atoms. The first-order chi connectivity index (χ1) is 7.70. The molecule has 88 valence electrons. The summed E-state index contributed by atoms with van der Waals surface area (Å²) in [5.74, 6) is 0. The summed E-state index contributed by atoms with van der Waals surface area (Å²) >= 11 is 0. The van der Waals surface area contributed by atoms with Crippen molar-refractivity contribution in [3.05, 3.63) is 48.0 Å². The molecule has 16 heavy (non-hydrogen) atoms. The fourth-order valence-electron chi connectivity index (χ4n) is 1.19. The van der Waals surface area contributed by atoms with E-state index in [-0.39, 0.29) is 6.04 Å². The van der Waals surface area contributed by atoms with E-state index in [2.05, 4.69) is 0 Å². The highest BCUT2D eigenvalue weighted by Gasteiger charge is 2.02. The van der Waals surface area contributed by atoms with Gasteiger partial charge in [0, 0.05) is 6.04 Å². The van der Waals surface area contributed by atoms with Crippen LogP contribution in [-0.2, 0) is 11.3 Å². The maximum atomic E-state index is 9.14. The Labute approximate surface area is 96.5 Å². The van der Waals surface area contributed by atoms with Gasteiger partial charge in [-0.1, -0.05) is 42.5 Å². The lowest BCUT2D eigenvalue weighted by molar-refractivity contribution is 0.147. The van der Waals surface area contributed by atoms with Gasteiger partial charge in [0.15, 0.2) is 0 Å². The molecule has 0 aliphatic carbocycles. The second-order valence-electron chi connectivity index (χ2n) is 3.75. The van der Waals surface area contributed by atoms with Crippen LogP contribution >= 0.6 is 0 Å². The van der Waals surface area contributed by atoms with Gasteiger partial charge >= 0.3 is 0 Å². The Morgan fingerprint density at radius 2 is 2.06 bits per heavy atom. The third kappa shape index (κ3) is 5.07. The number of hydrogen-bond acceptors (Lipinski definition) is 3. The number of benzene rings is 1. The SMILES string of the molecule is C[C@H](O)[C@H](N)/C=C/COCc1ccccc1. The number of rotatable bonds is 6. The average Bonchev–Trinajstić information content (AvgIpc) is 2.29. The summed E-state index contributed by atoms with van der Waals surface area (Å²) in [5, 5.41) is 9.14. The summed E-state index contributed by atoms with van der Waals surface area (Å²) in [5.41, 5.74) is 6.77. The van der Waals surface area contributed by atoms with Gasteiger partial charge in [0.1, 0.15) is 0 Å². The predicted molar refractivity (Wildman–Crippen MR) is 64.9 cm³/mol. The molecule has 0 radical (unpaired) electrons. The lowest BCUT2D eigenvalue weighted by Crippen LogP contribution is -2.29. The van der Waals surface area contributed by atoms with Gasteiger partial charge in [-0.25, -0.2) is 0 Å². The third-order valence-electron chi connectivity index (χ3n) is 2.24. The Kier molecular flexibility index (Phi) is 5.78. The highest BCUT2D eigenvalue weighted by Crippen LogP contribution is 2.00. The van der Waals surface area contributed by atoms with E-state index in [1.165, 1.54) is 0 Å². The van der Waals surface area contributed by atoms with E-state index < -0.39 is 6.10 Å². The van der Waals surface area contributed by atoms with Crippen LogP contribution in [-0.4, -0.2) is 23.9 Å². The zero-order valence-electron chi connectivity index (χ0n) is 9.54. The molecule has 0 amide bonds. The second kappa shape index (κ2) is 7.17. The summed E-state index contributed by atoms with van der Waals surface area (Å²) in [6.07, 6.45) is 3.07. The third-order valence-corrected chi connectivity index (χ3v) is 2.24. The van der Waals surface area contributed by atoms with E-state index in [1.54, 1.807) is 13.0 Å². The number of hydrogen-bond donors (Lipinski definition) is 2. The predicted octanol–water partition coefficient (Wildman–Crippen LogP) is 1.47. The van der Waals surface area contributed by atoms with Crippen LogP contribution in [0.4, 0.5) is 0 Å². The van der Waals surface area contributed by atoms with Crippen molar-refractivity contribution in [1.82, 2.24) is 0 Å². The molecule has 0 heterocycles. The van der Waals surface area contributed by atoms with Crippen molar-refractivity contribution in [2.75, 3.05) is 6.61 Å². The lowest BCUT2D eigenvalue weighted by Gasteiger charge is -2.08. The molecule has 0 unspecified atom stereocenters. The van der Waals surface area contributed by atoms with Crippen LogP contribution in [0, 0.1) is 0 Å². The first kappa shape index (κ1) is 12.9. The van der Waals surface area contributed by atoms with Gasteiger partial charge in [-0.2, -0.15) is 0 Å². The van der Waals surface area contributed by atoms with Crippen molar-refractivity contribution in [1.29, 1.82) is 0 Å². The minimum absolute atomic E-state index is 0.319. The van der Waals surface area contributed by atoms with Crippen molar-refractivity contribution in [2.45, 2.75) is 25.7 Å². The molecule has 0 bridgehead atoms. The fourth-order valence-corrected chi connectivity index (χ4v) is 1.19. The molecule has 0 fully saturated rings. The summed E-state index contributed by atoms with van der Waals surface area (Å²) in [7, 11) is 0. The van der Waals surface area contributed by atoms with Crippen LogP contribution in [0.3, 0.4) is 0 Å². The molecular weight excluding hydrogens is 202 g/mol. The van der Waals surface area contributed by atoms with Gasteiger partial charge in [-0.3, -0.25) is 0 Å². The summed E-state index contributed by atoms with van der Waals surface area (Å²) in [6, 6.07) is 9.66. The Bertz CT molecular complexity index is 309. The Hall–Kier alpha value is -1.16. The lowest BCUT2D eigenvalue weighted by atomic mass is 10.2. The molecule has 0 aliphatic heterocycles. The summed E-state index contributed by atoms with van der Waals surface area (Å²) < 4.78 is 5.43. The number of aliphatic hydroxyl groups is 1. The van der Waals surface area contributed by atoms with E-state index in [0.29, 0.717) is 13.2 Å². The zero-order chi connectivity index (χ0) is 11.8. The molecule has 0 saturated heterocycles. The fraction of sp³-hybridized carbons (Fsp3) is 0.385. The van der Waals surface area contributed by atoms with Crippen LogP contribution in [0.2, 0.25) is 0 Å². The number of ether oxygens (including phenoxy) is 1. The Balaban J connectivity index is 2.17. The van der Waals surface area contributed by atoms with Gasteiger partial charge in [-0.15, -0.1) is 0 Å². The van der Waals surface area contributed by atoms with Crippen molar-refractivity contribution in [2.24, 2.45) is 5.73 Å². The van der Waals surface area contributed by atoms with Gasteiger partial charge in [0.2, 0.25) is 0 Å². The van der Waals surface area contributed by atoms with Crippen molar-refractivity contribution < 1.29 is 9.84 Å². The van der Waals surface area contributed by atoms with Crippen LogP contribution in [0.1, 0.15) is 12.5 Å². The quantitative estimate of drug-likeness (QED) is 0.565. The maximum absolute atomic E-state index is 9.14. The zero-order valence-corrected chi connectivity index (χ0v) is 9.54. The monoisotopic (exact) mass is 221 g/mol. The van der Waals surface area contributed by atoms with Crippen LogP contribution in [0.25, 0.3) is 0 Å². The van der Waals surface area contributed by atoms with Gasteiger partial charge in [0.05, 0.1) is 19.3 Å². The molecule has 0 aromatic heterocycles. The van der Waals surface area contributed by atoms with Crippen LogP contribution < -0.4 is 5.73 Å². The van der Waals surface area contributed by atoms with E-state index in [0.717, 1.165) is 5.56 Å². The van der Waals surface area contributed by atoms with Gasteiger partial charge in [-0.05, 0) is 12.5 Å². The van der Waals surface area contributed by atoms with Gasteiger partial charge in [0.25, 0.3) is 0 Å². The molecular formula is C13H19NO2. The summed E-state index contributed by atoms with van der Waals surface area (Å²) in [6.45, 7) is 2.77. The first-order valence-corrected chi connectivity index (χ1v) is 5.42. The van der Waals surface area contributed by atoms with Crippen LogP contribution in [0.5, 0.6) is 0 Å². The van der Waals surface area contributed by atoms with E-state index in [1.807, 2.05) is 36.4 Å². The molecule has 3 N–H and O–H groups in total. The molecule has 3 nitrogen and oxygen atoms in total. The molecule has 0 saturated carbocycles. The van der Waals surface area contributed by atoms with Gasteiger partial charge < -0.3 is 15.6 Å². The number of nitrogens with two attached hydrogens (primary N) is 1. The Morgan fingerprint density at radius 1 is 1.38 bits per heavy atom. The molecule has 1 aromatic rings. The summed E-state index contributed by atoms with van der Waals surface area (Å²) in [4.78, 5) is 0. The molecule has 3 heteroatoms. The standard InChI is InChI=1S/C13H19NO2/c1-11(15)13(14)8-5-9-16-10-12-6-3-2-4-7-12/h2-8,11,13,15H,9-10,14H2,1H3/b8-5+/t11-,13+/m0/s1. The molecule has 1 aromatic carbocycles. The minimum Gasteiger partial charge on any atom is -0.391 e. The largest absolute Gasteiger partial charge is 0.391 e. The first-order valence-electron chi connectivity index (χ1n) is 5.42. The van der Waals surface area contributed by atoms with Crippen molar-refractivity contribution >= 4 is 0 Å². The molecule has 2 atom stereocenters. The van der Waals surface area contributed by atoms with E-state index in [4.69, 9.17) is 15.6 Å². The highest BCUT2D eigenvalue weighted by atomic mass is 16.5. The Morgan fingerprint density at radius 3 is 2.69 bits per heavy atom. The van der Waals surface area contributed by atoms with Crippen molar-refractivity contribution in [3.8, 4) is 0 Å². The van der Waals surface area contributed by atoms with Crippen molar-refractivity contribution in [3.63, 3.8) is 0 Å². The van der Waals surface area contributed by atoms with Crippen LogP contribution in [0.15, 0.2) is 42.5 Å². The minimum atomic E-state index is -0.523. The normalized spacial score (nSPS) is 15.2. The maximum Gasteiger partial charge on any atom is 0.0721 e. The second-order valence-corrected chi connectivity index (χ2v) is 3.75. The number of aliphatic hydroxyl groups excluding tert-OH is 1. The smallest absolute Gasteiger partial charge is 0.0721 e. The average molecular weight is 221 g/mol. The van der Waals surface area contributed by atoms with E-state index >= 15 is 0 Å². The highest BCUT2D eigenvalue weighted by molar-refractivity contribution is 5.13. The van der Waals surface area contributed by atoms with E-state index in [9.17, 15) is 0 Å². The topological polar surface area (TPSA) is 55.5 Å².